The molecule has 1 aliphatic carbocycles. The number of aryl methyl sites for hydroxylation is 2. The first-order valence-electron chi connectivity index (χ1n) is 10.6. The third-order valence-corrected chi connectivity index (χ3v) is 7.24. The first-order chi connectivity index (χ1) is 15.4. The molecule has 7 heteroatoms. The van der Waals surface area contributed by atoms with Gasteiger partial charge in [0.05, 0.1) is 12.0 Å². The highest BCUT2D eigenvalue weighted by atomic mass is 32.2. The summed E-state index contributed by atoms with van der Waals surface area (Å²) in [5.41, 5.74) is 4.17. The van der Waals surface area contributed by atoms with Gasteiger partial charge in [-0.1, -0.05) is 31.2 Å². The molecular formula is C25H26N2O4S. The average molecular weight is 451 g/mol. The molecule has 2 N–H and O–H groups in total. The molecular weight excluding hydrogens is 424 g/mol. The Morgan fingerprint density at radius 2 is 1.84 bits per heavy atom. The standard InChI is InChI=1S/C25H26N2O4S/c1-3-17-7-12-22(13-8-17)32(29,30)27-24-14-10-18-9-11-20(16-23(18)24)26-25(28)19-5-4-6-21(15-19)31-2/h4-9,11-13,15-16,24,27H,3,10,14H2,1-2H3,(H,26,28). The van der Waals surface area contributed by atoms with Crippen molar-refractivity contribution in [3.05, 3.63) is 89.0 Å². The zero-order valence-corrected chi connectivity index (χ0v) is 18.9. The molecule has 0 spiro atoms. The molecule has 0 bridgehead atoms. The van der Waals surface area contributed by atoms with Gasteiger partial charge in [0, 0.05) is 17.3 Å². The van der Waals surface area contributed by atoms with Crippen LogP contribution in [0.25, 0.3) is 0 Å². The topological polar surface area (TPSA) is 84.5 Å². The van der Waals surface area contributed by atoms with Gasteiger partial charge in [-0.3, -0.25) is 4.79 Å². The lowest BCUT2D eigenvalue weighted by molar-refractivity contribution is 0.102. The number of carbonyl (C=O) groups excluding carboxylic acids is 1. The minimum Gasteiger partial charge on any atom is -0.497 e. The number of methoxy groups -OCH3 is 1. The molecule has 1 amide bonds. The van der Waals surface area contributed by atoms with Crippen LogP contribution in [0.5, 0.6) is 5.75 Å². The van der Waals surface area contributed by atoms with Crippen LogP contribution in [0.15, 0.2) is 71.6 Å². The predicted molar refractivity (Wildman–Crippen MR) is 125 cm³/mol. The highest BCUT2D eigenvalue weighted by molar-refractivity contribution is 7.89. The van der Waals surface area contributed by atoms with Crippen molar-refractivity contribution in [2.75, 3.05) is 12.4 Å². The molecule has 1 unspecified atom stereocenters. The largest absolute Gasteiger partial charge is 0.497 e. The summed E-state index contributed by atoms with van der Waals surface area (Å²) in [5, 5.41) is 2.90. The Morgan fingerprint density at radius 1 is 1.06 bits per heavy atom. The number of amides is 1. The third kappa shape index (κ3) is 4.69. The van der Waals surface area contributed by atoms with E-state index in [9.17, 15) is 13.2 Å². The Labute approximate surface area is 188 Å². The van der Waals surface area contributed by atoms with Gasteiger partial charge >= 0.3 is 0 Å². The van der Waals surface area contributed by atoms with Crippen molar-refractivity contribution < 1.29 is 17.9 Å². The highest BCUT2D eigenvalue weighted by Gasteiger charge is 2.28. The number of ether oxygens (including phenoxy) is 1. The number of benzene rings is 3. The molecule has 1 atom stereocenters. The SMILES string of the molecule is CCc1ccc(S(=O)(=O)NC2CCc3ccc(NC(=O)c4cccc(OC)c4)cc32)cc1. The molecule has 0 fully saturated rings. The molecule has 32 heavy (non-hydrogen) atoms. The maximum absolute atomic E-state index is 12.9. The van der Waals surface area contributed by atoms with Crippen LogP contribution in [0.2, 0.25) is 0 Å². The summed E-state index contributed by atoms with van der Waals surface area (Å²) in [7, 11) is -2.10. The van der Waals surface area contributed by atoms with Crippen LogP contribution in [0.1, 0.15) is 46.4 Å². The fraction of sp³-hybridized carbons (Fsp3) is 0.240. The summed E-state index contributed by atoms with van der Waals surface area (Å²) in [6.07, 6.45) is 2.31. The first-order valence-corrected chi connectivity index (χ1v) is 12.1. The van der Waals surface area contributed by atoms with E-state index in [-0.39, 0.29) is 16.8 Å². The van der Waals surface area contributed by atoms with Crippen LogP contribution in [0.3, 0.4) is 0 Å². The van der Waals surface area contributed by atoms with E-state index in [4.69, 9.17) is 4.74 Å². The van der Waals surface area contributed by atoms with Gasteiger partial charge in [-0.05, 0) is 78.4 Å². The second kappa shape index (κ2) is 9.14. The molecule has 0 heterocycles. The molecule has 3 aromatic carbocycles. The molecule has 0 aromatic heterocycles. The average Bonchev–Trinajstić information content (AvgIpc) is 3.20. The maximum atomic E-state index is 12.9. The van der Waals surface area contributed by atoms with Gasteiger partial charge in [-0.2, -0.15) is 0 Å². The van der Waals surface area contributed by atoms with E-state index in [1.54, 1.807) is 43.5 Å². The van der Waals surface area contributed by atoms with E-state index in [2.05, 4.69) is 10.0 Å². The molecule has 4 rings (SSSR count). The van der Waals surface area contributed by atoms with Crippen molar-refractivity contribution in [2.45, 2.75) is 37.1 Å². The monoisotopic (exact) mass is 450 g/mol. The van der Waals surface area contributed by atoms with Crippen LogP contribution in [-0.2, 0) is 22.9 Å². The molecule has 0 saturated heterocycles. The zero-order chi connectivity index (χ0) is 22.7. The van der Waals surface area contributed by atoms with Gasteiger partial charge in [0.1, 0.15) is 5.75 Å². The first kappa shape index (κ1) is 22.0. The highest BCUT2D eigenvalue weighted by Crippen LogP contribution is 2.34. The summed E-state index contributed by atoms with van der Waals surface area (Å²) in [6.45, 7) is 2.03. The van der Waals surface area contributed by atoms with E-state index in [1.807, 2.05) is 37.3 Å². The molecule has 166 valence electrons. The van der Waals surface area contributed by atoms with Crippen molar-refractivity contribution in [1.29, 1.82) is 0 Å². The summed E-state index contributed by atoms with van der Waals surface area (Å²) in [5.74, 6) is 0.350. The summed E-state index contributed by atoms with van der Waals surface area (Å²) in [4.78, 5) is 12.9. The Kier molecular flexibility index (Phi) is 6.30. The van der Waals surface area contributed by atoms with Gasteiger partial charge < -0.3 is 10.1 Å². The number of carbonyl (C=O) groups is 1. The van der Waals surface area contributed by atoms with Gasteiger partial charge in [-0.15, -0.1) is 0 Å². The minimum absolute atomic E-state index is 0.255. The molecule has 0 aliphatic heterocycles. The maximum Gasteiger partial charge on any atom is 0.255 e. The lowest BCUT2D eigenvalue weighted by atomic mass is 10.1. The molecule has 0 radical (unpaired) electrons. The Morgan fingerprint density at radius 3 is 2.56 bits per heavy atom. The van der Waals surface area contributed by atoms with Crippen LogP contribution in [-0.4, -0.2) is 21.4 Å². The van der Waals surface area contributed by atoms with Crippen molar-refractivity contribution in [1.82, 2.24) is 4.72 Å². The fourth-order valence-electron chi connectivity index (χ4n) is 3.93. The van der Waals surface area contributed by atoms with Crippen molar-refractivity contribution in [3.63, 3.8) is 0 Å². The van der Waals surface area contributed by atoms with Gasteiger partial charge in [0.15, 0.2) is 0 Å². The van der Waals surface area contributed by atoms with E-state index in [1.165, 1.54) is 0 Å². The van der Waals surface area contributed by atoms with Gasteiger partial charge in [0.2, 0.25) is 10.0 Å². The number of hydrogen-bond acceptors (Lipinski definition) is 4. The third-order valence-electron chi connectivity index (χ3n) is 5.75. The number of fused-ring (bicyclic) bond motifs is 1. The smallest absolute Gasteiger partial charge is 0.255 e. The molecule has 0 saturated carbocycles. The summed E-state index contributed by atoms with van der Waals surface area (Å²) in [6, 6.07) is 19.2. The van der Waals surface area contributed by atoms with E-state index in [0.717, 1.165) is 29.5 Å². The van der Waals surface area contributed by atoms with Crippen LogP contribution < -0.4 is 14.8 Å². The fourth-order valence-corrected chi connectivity index (χ4v) is 5.18. The van der Waals surface area contributed by atoms with Crippen molar-refractivity contribution in [2.24, 2.45) is 0 Å². The Balaban J connectivity index is 1.52. The van der Waals surface area contributed by atoms with Gasteiger partial charge in [-0.25, -0.2) is 13.1 Å². The van der Waals surface area contributed by atoms with E-state index in [0.29, 0.717) is 23.4 Å². The number of nitrogens with one attached hydrogen (secondary N) is 2. The van der Waals surface area contributed by atoms with Crippen LogP contribution in [0.4, 0.5) is 5.69 Å². The van der Waals surface area contributed by atoms with Crippen LogP contribution in [0, 0.1) is 0 Å². The Hall–Kier alpha value is -3.16. The predicted octanol–water partition coefficient (Wildman–Crippen LogP) is 4.48. The number of sulfonamides is 1. The van der Waals surface area contributed by atoms with Crippen molar-refractivity contribution >= 4 is 21.6 Å². The lowest BCUT2D eigenvalue weighted by Gasteiger charge is -2.16. The molecule has 6 nitrogen and oxygen atoms in total. The Bertz CT molecular complexity index is 1240. The quantitative estimate of drug-likeness (QED) is 0.556. The minimum atomic E-state index is -3.65. The van der Waals surface area contributed by atoms with E-state index >= 15 is 0 Å². The van der Waals surface area contributed by atoms with Crippen molar-refractivity contribution in [3.8, 4) is 5.75 Å². The number of hydrogen-bond donors (Lipinski definition) is 2. The second-order valence-electron chi connectivity index (χ2n) is 7.81. The summed E-state index contributed by atoms with van der Waals surface area (Å²) >= 11 is 0. The molecule has 1 aliphatic rings. The molecule has 3 aromatic rings. The van der Waals surface area contributed by atoms with Crippen LogP contribution >= 0.6 is 0 Å². The van der Waals surface area contributed by atoms with Gasteiger partial charge in [0.25, 0.3) is 5.91 Å². The normalized spacial score (nSPS) is 15.2. The summed E-state index contributed by atoms with van der Waals surface area (Å²) < 4.78 is 33.8. The van der Waals surface area contributed by atoms with E-state index < -0.39 is 10.0 Å². The number of anilines is 1. The lowest BCUT2D eigenvalue weighted by Crippen LogP contribution is -2.27. The zero-order valence-electron chi connectivity index (χ0n) is 18.1. The number of rotatable bonds is 7. The second-order valence-corrected chi connectivity index (χ2v) is 9.52.